The first-order valence-corrected chi connectivity index (χ1v) is 8.34. The van der Waals surface area contributed by atoms with Crippen LogP contribution in [0.1, 0.15) is 36.5 Å². The lowest BCUT2D eigenvalue weighted by Crippen LogP contribution is -2.28. The molecule has 0 aromatic heterocycles. The average Bonchev–Trinajstić information content (AvgIpc) is 2.75. The summed E-state index contributed by atoms with van der Waals surface area (Å²) in [6.45, 7) is 2.38. The van der Waals surface area contributed by atoms with Crippen LogP contribution < -0.4 is 4.72 Å². The van der Waals surface area contributed by atoms with E-state index in [0.717, 1.165) is 6.42 Å². The lowest BCUT2D eigenvalue weighted by Gasteiger charge is -2.07. The summed E-state index contributed by atoms with van der Waals surface area (Å²) in [6.07, 6.45) is 5.05. The van der Waals surface area contributed by atoms with Gasteiger partial charge in [0.25, 0.3) is 0 Å². The molecule has 1 N–H and O–H groups in total. The fourth-order valence-corrected chi connectivity index (χ4v) is 3.57. The Kier molecular flexibility index (Phi) is 4.40. The van der Waals surface area contributed by atoms with Gasteiger partial charge in [0.05, 0.1) is 5.75 Å². The molecule has 0 saturated heterocycles. The van der Waals surface area contributed by atoms with Gasteiger partial charge in [0.15, 0.2) is 0 Å². The van der Waals surface area contributed by atoms with Gasteiger partial charge in [-0.15, -0.1) is 0 Å². The number of rotatable bonds is 6. The van der Waals surface area contributed by atoms with Crippen molar-refractivity contribution in [1.82, 2.24) is 4.72 Å². The molecular weight excluding hydrogens is 246 g/mol. The highest BCUT2D eigenvalue weighted by molar-refractivity contribution is 7.89. The van der Waals surface area contributed by atoms with Gasteiger partial charge in [0, 0.05) is 6.54 Å². The Balaban J connectivity index is 1.87. The minimum absolute atomic E-state index is 0.219. The normalized spacial score (nSPS) is 14.7. The van der Waals surface area contributed by atoms with E-state index in [2.05, 4.69) is 22.9 Å². The number of hydrogen-bond donors (Lipinski definition) is 1. The Morgan fingerprint density at radius 2 is 2.00 bits per heavy atom. The molecule has 0 aliphatic heterocycles. The molecule has 0 radical (unpaired) electrons. The minimum Gasteiger partial charge on any atom is -0.215 e. The maximum Gasteiger partial charge on any atom is 0.211 e. The Morgan fingerprint density at radius 3 is 2.78 bits per heavy atom. The summed E-state index contributed by atoms with van der Waals surface area (Å²) in [5.74, 6) is 0.219. The SMILES string of the molecule is CCCS(=O)(=O)NCCc1ccc2c(c1)CCC2. The summed E-state index contributed by atoms with van der Waals surface area (Å²) in [4.78, 5) is 0. The molecule has 0 atom stereocenters. The molecule has 1 aliphatic rings. The third kappa shape index (κ3) is 3.56. The molecule has 4 heteroatoms. The lowest BCUT2D eigenvalue weighted by molar-refractivity contribution is 0.580. The molecule has 0 amide bonds. The van der Waals surface area contributed by atoms with Crippen LogP contribution in [0.5, 0.6) is 0 Å². The van der Waals surface area contributed by atoms with E-state index in [1.807, 2.05) is 6.92 Å². The number of benzene rings is 1. The van der Waals surface area contributed by atoms with Gasteiger partial charge in [-0.2, -0.15) is 0 Å². The highest BCUT2D eigenvalue weighted by atomic mass is 32.2. The van der Waals surface area contributed by atoms with Crippen molar-refractivity contribution in [1.29, 1.82) is 0 Å². The largest absolute Gasteiger partial charge is 0.215 e. The van der Waals surface area contributed by atoms with Gasteiger partial charge in [-0.1, -0.05) is 25.1 Å². The molecule has 0 spiro atoms. The van der Waals surface area contributed by atoms with Gasteiger partial charge in [-0.3, -0.25) is 0 Å². The van der Waals surface area contributed by atoms with Crippen molar-refractivity contribution in [3.8, 4) is 0 Å². The van der Waals surface area contributed by atoms with E-state index >= 15 is 0 Å². The Bertz CT molecular complexity index is 509. The molecule has 18 heavy (non-hydrogen) atoms. The van der Waals surface area contributed by atoms with Gasteiger partial charge >= 0.3 is 0 Å². The minimum atomic E-state index is -3.06. The first-order chi connectivity index (χ1) is 8.61. The quantitative estimate of drug-likeness (QED) is 0.857. The first kappa shape index (κ1) is 13.6. The van der Waals surface area contributed by atoms with E-state index in [1.165, 1.54) is 36.0 Å². The molecule has 3 nitrogen and oxygen atoms in total. The van der Waals surface area contributed by atoms with Crippen molar-refractivity contribution in [2.24, 2.45) is 0 Å². The van der Waals surface area contributed by atoms with Crippen LogP contribution >= 0.6 is 0 Å². The number of hydrogen-bond acceptors (Lipinski definition) is 2. The van der Waals surface area contributed by atoms with Gasteiger partial charge in [0.2, 0.25) is 10.0 Å². The fourth-order valence-electron chi connectivity index (χ4n) is 2.47. The molecule has 0 saturated carbocycles. The molecule has 100 valence electrons. The van der Waals surface area contributed by atoms with E-state index in [9.17, 15) is 8.42 Å². The highest BCUT2D eigenvalue weighted by Crippen LogP contribution is 2.22. The monoisotopic (exact) mass is 267 g/mol. The molecule has 1 aromatic rings. The fraction of sp³-hybridized carbons (Fsp3) is 0.571. The molecule has 2 rings (SSSR count). The van der Waals surface area contributed by atoms with Crippen LogP contribution in [0.15, 0.2) is 18.2 Å². The first-order valence-electron chi connectivity index (χ1n) is 6.69. The van der Waals surface area contributed by atoms with Gasteiger partial charge in [0.1, 0.15) is 0 Å². The van der Waals surface area contributed by atoms with Crippen LogP contribution in [-0.2, 0) is 29.3 Å². The zero-order chi connectivity index (χ0) is 13.0. The van der Waals surface area contributed by atoms with Crippen LogP contribution in [0.4, 0.5) is 0 Å². The van der Waals surface area contributed by atoms with Crippen LogP contribution in [0.2, 0.25) is 0 Å². The van der Waals surface area contributed by atoms with Crippen molar-refractivity contribution in [2.75, 3.05) is 12.3 Å². The van der Waals surface area contributed by atoms with Crippen LogP contribution in [0, 0.1) is 0 Å². The summed E-state index contributed by atoms with van der Waals surface area (Å²) in [7, 11) is -3.06. The molecule has 1 aliphatic carbocycles. The second-order valence-electron chi connectivity index (χ2n) is 4.92. The second kappa shape index (κ2) is 5.85. The van der Waals surface area contributed by atoms with E-state index in [0.29, 0.717) is 13.0 Å². The Morgan fingerprint density at radius 1 is 1.22 bits per heavy atom. The lowest BCUT2D eigenvalue weighted by atomic mass is 10.0. The number of fused-ring (bicyclic) bond motifs is 1. The summed E-state index contributed by atoms with van der Waals surface area (Å²) >= 11 is 0. The standard InChI is InChI=1S/C14H21NO2S/c1-2-10-18(16,17)15-9-8-12-6-7-13-4-3-5-14(13)11-12/h6-7,11,15H,2-5,8-10H2,1H3. The number of sulfonamides is 1. The number of aryl methyl sites for hydroxylation is 2. The predicted molar refractivity (Wildman–Crippen MR) is 74.3 cm³/mol. The smallest absolute Gasteiger partial charge is 0.211 e. The third-order valence-electron chi connectivity index (χ3n) is 3.37. The van der Waals surface area contributed by atoms with E-state index in [1.54, 1.807) is 0 Å². The maximum absolute atomic E-state index is 11.5. The van der Waals surface area contributed by atoms with Crippen molar-refractivity contribution in [2.45, 2.75) is 39.0 Å². The second-order valence-corrected chi connectivity index (χ2v) is 6.85. The highest BCUT2D eigenvalue weighted by Gasteiger charge is 2.11. The Labute approximate surface area is 110 Å². The summed E-state index contributed by atoms with van der Waals surface area (Å²) in [5.41, 5.74) is 4.14. The topological polar surface area (TPSA) is 46.2 Å². The maximum atomic E-state index is 11.5. The van der Waals surface area contributed by atoms with Crippen LogP contribution in [0.25, 0.3) is 0 Å². The van der Waals surface area contributed by atoms with Crippen molar-refractivity contribution >= 4 is 10.0 Å². The Hall–Kier alpha value is -0.870. The third-order valence-corrected chi connectivity index (χ3v) is 4.96. The van der Waals surface area contributed by atoms with Crippen molar-refractivity contribution in [3.05, 3.63) is 34.9 Å². The van der Waals surface area contributed by atoms with Crippen LogP contribution in [0.3, 0.4) is 0 Å². The summed E-state index contributed by atoms with van der Waals surface area (Å²) in [6, 6.07) is 6.55. The molecule has 0 heterocycles. The van der Waals surface area contributed by atoms with Gasteiger partial charge in [-0.25, -0.2) is 13.1 Å². The molecular formula is C14H21NO2S. The summed E-state index contributed by atoms with van der Waals surface area (Å²) in [5, 5.41) is 0. The van der Waals surface area contributed by atoms with Gasteiger partial charge < -0.3 is 0 Å². The van der Waals surface area contributed by atoms with Crippen molar-refractivity contribution < 1.29 is 8.42 Å². The van der Waals surface area contributed by atoms with E-state index in [4.69, 9.17) is 0 Å². The molecule has 1 aromatic carbocycles. The molecule has 0 fully saturated rings. The zero-order valence-electron chi connectivity index (χ0n) is 10.9. The number of nitrogens with one attached hydrogen (secondary N) is 1. The van der Waals surface area contributed by atoms with E-state index in [-0.39, 0.29) is 5.75 Å². The van der Waals surface area contributed by atoms with Crippen molar-refractivity contribution in [3.63, 3.8) is 0 Å². The summed E-state index contributed by atoms with van der Waals surface area (Å²) < 4.78 is 25.6. The van der Waals surface area contributed by atoms with Gasteiger partial charge in [-0.05, 0) is 48.8 Å². The zero-order valence-corrected chi connectivity index (χ0v) is 11.7. The molecule has 0 bridgehead atoms. The predicted octanol–water partition coefficient (Wildman–Crippen LogP) is 2.05. The van der Waals surface area contributed by atoms with Crippen LogP contribution in [-0.4, -0.2) is 20.7 Å². The van der Waals surface area contributed by atoms with E-state index < -0.39 is 10.0 Å². The molecule has 0 unspecified atom stereocenters. The average molecular weight is 267 g/mol.